The topological polar surface area (TPSA) is 103 Å². The number of ketones is 1. The minimum Gasteiger partial charge on any atom is -0.318 e. The lowest BCUT2D eigenvalue weighted by molar-refractivity contribution is -0.141. The first-order valence-corrected chi connectivity index (χ1v) is 17.4. The van der Waals surface area contributed by atoms with Crippen molar-refractivity contribution in [2.45, 2.75) is 27.7 Å². The maximum absolute atomic E-state index is 13.8. The molecule has 6 aromatic carbocycles. The summed E-state index contributed by atoms with van der Waals surface area (Å²) in [4.78, 5) is 48.0. The van der Waals surface area contributed by atoms with Gasteiger partial charge in [0.15, 0.2) is 5.78 Å². The van der Waals surface area contributed by atoms with Crippen LogP contribution in [0.5, 0.6) is 0 Å². The van der Waals surface area contributed by atoms with Gasteiger partial charge in [0.25, 0.3) is 0 Å². The lowest BCUT2D eigenvalue weighted by Crippen LogP contribution is -2.11. The highest BCUT2D eigenvalue weighted by Crippen LogP contribution is 2.36. The molecule has 0 aliphatic carbocycles. The van der Waals surface area contributed by atoms with E-state index in [1.54, 1.807) is 13.8 Å². The molecule has 54 heavy (non-hydrogen) atoms. The molecule has 0 saturated carbocycles. The molecular weight excluding hydrogens is 677 g/mol. The van der Waals surface area contributed by atoms with Gasteiger partial charge in [0.05, 0.1) is 22.5 Å². The molecule has 9 nitrogen and oxygen atoms in total. The average Bonchev–Trinajstić information content (AvgIpc) is 3.54. The number of para-hydroxylation sites is 2. The molecule has 1 aromatic heterocycles. The van der Waals surface area contributed by atoms with E-state index >= 15 is 0 Å². The van der Waals surface area contributed by atoms with Gasteiger partial charge in [0.2, 0.25) is 0 Å². The molecule has 1 heterocycles. The summed E-state index contributed by atoms with van der Waals surface area (Å²) in [6.07, 6.45) is 0. The predicted octanol–water partition coefficient (Wildman–Crippen LogP) is 10.1. The normalized spacial score (nSPS) is 11.8. The number of rotatable bonds is 10. The fraction of sp³-hybridized carbons (Fsp3) is 0.0889. The van der Waals surface area contributed by atoms with E-state index in [4.69, 9.17) is 9.68 Å². The van der Waals surface area contributed by atoms with Crippen LogP contribution in [0.15, 0.2) is 156 Å². The number of oxime groups is 2. The highest BCUT2D eigenvalue weighted by molar-refractivity contribution is 6.11. The van der Waals surface area contributed by atoms with Crippen LogP contribution in [-0.4, -0.2) is 33.7 Å². The molecule has 0 radical (unpaired) electrons. The molecule has 0 unspecified atom stereocenters. The lowest BCUT2D eigenvalue weighted by Gasteiger charge is -2.26. The van der Waals surface area contributed by atoms with E-state index in [9.17, 15) is 14.4 Å². The van der Waals surface area contributed by atoms with E-state index in [0.717, 1.165) is 44.9 Å². The first-order valence-electron chi connectivity index (χ1n) is 17.4. The molecule has 0 N–H and O–H groups in total. The summed E-state index contributed by atoms with van der Waals surface area (Å²) >= 11 is 0. The Balaban J connectivity index is 1.18. The van der Waals surface area contributed by atoms with Crippen LogP contribution in [0, 0.1) is 0 Å². The molecule has 9 heteroatoms. The first-order chi connectivity index (χ1) is 26.2. The van der Waals surface area contributed by atoms with Crippen molar-refractivity contribution in [3.8, 4) is 5.69 Å². The maximum atomic E-state index is 13.8. The summed E-state index contributed by atoms with van der Waals surface area (Å²) in [5.74, 6) is -1.07. The summed E-state index contributed by atoms with van der Waals surface area (Å²) in [6.45, 7) is 6.13. The Hall–Kier alpha value is -7.13. The molecule has 0 aliphatic heterocycles. The molecule has 0 amide bonds. The summed E-state index contributed by atoms with van der Waals surface area (Å²) in [5.41, 5.74) is 9.55. The number of nitrogens with zero attached hydrogens (tertiary/aromatic N) is 4. The Morgan fingerprint density at radius 2 is 0.815 bits per heavy atom. The van der Waals surface area contributed by atoms with Crippen molar-refractivity contribution < 1.29 is 24.1 Å². The molecular formula is C45H36N4O5. The van der Waals surface area contributed by atoms with Crippen molar-refractivity contribution in [2.75, 3.05) is 4.90 Å². The Bertz CT molecular complexity index is 2440. The third-order valence-electron chi connectivity index (χ3n) is 9.06. The van der Waals surface area contributed by atoms with Crippen LogP contribution in [0.3, 0.4) is 0 Å². The molecule has 0 fully saturated rings. The predicted molar refractivity (Wildman–Crippen MR) is 213 cm³/mol. The van der Waals surface area contributed by atoms with Crippen molar-refractivity contribution in [3.63, 3.8) is 0 Å². The molecule has 0 atom stereocenters. The van der Waals surface area contributed by atoms with Gasteiger partial charge < -0.3 is 19.1 Å². The van der Waals surface area contributed by atoms with Crippen LogP contribution in [0.2, 0.25) is 0 Å². The zero-order valence-electron chi connectivity index (χ0n) is 30.2. The highest BCUT2D eigenvalue weighted by atomic mass is 16.7. The van der Waals surface area contributed by atoms with Gasteiger partial charge in [-0.15, -0.1) is 0 Å². The van der Waals surface area contributed by atoms with Crippen LogP contribution in [0.1, 0.15) is 54.7 Å². The van der Waals surface area contributed by atoms with Crippen molar-refractivity contribution in [1.82, 2.24) is 4.57 Å². The van der Waals surface area contributed by atoms with Gasteiger partial charge in [-0.25, -0.2) is 9.59 Å². The number of anilines is 3. The standard InChI is InChI=1S/C45H36N4O5/c1-29(46-53-31(3)50)33-13-21-37(22-14-33)48(38-23-15-34(16-24-38)30(2)47-54-32(4)51)39-25-17-35(18-26-39)45(52)36-19-27-40(28-20-36)49-43-11-7-5-9-41(43)42-10-6-8-12-44(42)49/h5-28H,1-4H3/b46-29+,47-30+. The second kappa shape index (κ2) is 15.2. The Labute approximate surface area is 312 Å². The van der Waals surface area contributed by atoms with Gasteiger partial charge in [0.1, 0.15) is 0 Å². The van der Waals surface area contributed by atoms with Crippen molar-refractivity contribution >= 4 is 68.0 Å². The van der Waals surface area contributed by atoms with Gasteiger partial charge >= 0.3 is 11.9 Å². The maximum Gasteiger partial charge on any atom is 0.331 e. The summed E-state index contributed by atoms with van der Waals surface area (Å²) in [7, 11) is 0. The van der Waals surface area contributed by atoms with Crippen LogP contribution >= 0.6 is 0 Å². The molecule has 266 valence electrons. The molecule has 0 spiro atoms. The van der Waals surface area contributed by atoms with E-state index in [1.807, 2.05) is 109 Å². The van der Waals surface area contributed by atoms with E-state index in [1.165, 1.54) is 24.6 Å². The zero-order chi connectivity index (χ0) is 37.8. The van der Waals surface area contributed by atoms with Gasteiger partial charge in [-0.05, 0) is 110 Å². The molecule has 0 aliphatic rings. The number of aromatic nitrogens is 1. The van der Waals surface area contributed by atoms with Crippen molar-refractivity contribution in [3.05, 3.63) is 168 Å². The van der Waals surface area contributed by atoms with E-state index in [-0.39, 0.29) is 5.78 Å². The minimum absolute atomic E-state index is 0.0827. The van der Waals surface area contributed by atoms with E-state index in [0.29, 0.717) is 22.6 Å². The molecule has 0 bridgehead atoms. The monoisotopic (exact) mass is 712 g/mol. The van der Waals surface area contributed by atoms with Crippen LogP contribution in [0.25, 0.3) is 27.5 Å². The highest BCUT2D eigenvalue weighted by Gasteiger charge is 2.17. The molecule has 0 saturated heterocycles. The average molecular weight is 713 g/mol. The number of hydrogen-bond acceptors (Lipinski definition) is 8. The van der Waals surface area contributed by atoms with E-state index < -0.39 is 11.9 Å². The minimum atomic E-state index is -0.493. The van der Waals surface area contributed by atoms with E-state index in [2.05, 4.69) is 56.2 Å². The second-order valence-electron chi connectivity index (χ2n) is 12.7. The molecule has 7 rings (SSSR count). The largest absolute Gasteiger partial charge is 0.331 e. The van der Waals surface area contributed by atoms with Crippen LogP contribution < -0.4 is 4.90 Å². The number of hydrogen-bond donors (Lipinski definition) is 0. The first kappa shape index (κ1) is 35.3. The van der Waals surface area contributed by atoms with Crippen molar-refractivity contribution in [1.29, 1.82) is 0 Å². The fourth-order valence-electron chi connectivity index (χ4n) is 6.41. The lowest BCUT2D eigenvalue weighted by atomic mass is 10.0. The van der Waals surface area contributed by atoms with Gasteiger partial charge in [-0.3, -0.25) is 4.79 Å². The number of fused-ring (bicyclic) bond motifs is 3. The number of benzene rings is 6. The van der Waals surface area contributed by atoms with Crippen LogP contribution in [0.4, 0.5) is 17.1 Å². The summed E-state index contributed by atoms with van der Waals surface area (Å²) < 4.78 is 2.23. The summed E-state index contributed by atoms with van der Waals surface area (Å²) in [6, 6.07) is 47.3. The SMILES string of the molecule is CC(=O)O/N=C(\C)c1ccc(N(c2ccc(C(=O)c3ccc(-n4c5ccccc5c5ccccc54)cc3)cc2)c2ccc(/C(C)=N/OC(C)=O)cc2)cc1. The number of carbonyl (C=O) groups excluding carboxylic acids is 3. The third kappa shape index (κ3) is 7.29. The Kier molecular flexibility index (Phi) is 9.95. The third-order valence-corrected chi connectivity index (χ3v) is 9.06. The molecule has 7 aromatic rings. The van der Waals surface area contributed by atoms with Gasteiger partial charge in [-0.2, -0.15) is 0 Å². The smallest absolute Gasteiger partial charge is 0.318 e. The zero-order valence-corrected chi connectivity index (χ0v) is 30.2. The second-order valence-corrected chi connectivity index (χ2v) is 12.7. The summed E-state index contributed by atoms with van der Waals surface area (Å²) in [5, 5.41) is 10.2. The Morgan fingerprint density at radius 1 is 0.463 bits per heavy atom. The Morgan fingerprint density at radius 3 is 1.20 bits per heavy atom. The van der Waals surface area contributed by atoms with Crippen molar-refractivity contribution in [2.24, 2.45) is 10.3 Å². The van der Waals surface area contributed by atoms with Gasteiger partial charge in [0, 0.05) is 58.5 Å². The fourth-order valence-corrected chi connectivity index (χ4v) is 6.41. The van der Waals surface area contributed by atoms with Crippen LogP contribution in [-0.2, 0) is 19.3 Å². The number of carbonyl (C=O) groups is 3. The van der Waals surface area contributed by atoms with Gasteiger partial charge in [-0.1, -0.05) is 71.0 Å². The quantitative estimate of drug-likeness (QED) is 0.0605.